The lowest BCUT2D eigenvalue weighted by Crippen LogP contribution is -2.47. The van der Waals surface area contributed by atoms with Crippen LogP contribution >= 0.6 is 0 Å². The summed E-state index contributed by atoms with van der Waals surface area (Å²) in [4.78, 5) is 25.2. The van der Waals surface area contributed by atoms with Gasteiger partial charge in [0.25, 0.3) is 5.91 Å². The lowest BCUT2D eigenvalue weighted by Gasteiger charge is -2.37. The van der Waals surface area contributed by atoms with Crippen LogP contribution in [0.3, 0.4) is 0 Å². The number of rotatable bonds is 4. The van der Waals surface area contributed by atoms with E-state index in [9.17, 15) is 4.79 Å². The highest BCUT2D eigenvalue weighted by atomic mass is 16.7. The lowest BCUT2D eigenvalue weighted by molar-refractivity contribution is -0.181. The largest absolute Gasteiger partial charge is 0.378 e. The number of ether oxygens (including phenoxy) is 2. The number of carbonyl (C=O) groups is 1. The predicted molar refractivity (Wildman–Crippen MR) is 106 cm³/mol. The highest BCUT2D eigenvalue weighted by molar-refractivity contribution is 5.92. The monoisotopic (exact) mass is 383 g/mol. The summed E-state index contributed by atoms with van der Waals surface area (Å²) in [7, 11) is 4.00. The Kier molecular flexibility index (Phi) is 5.15. The third kappa shape index (κ3) is 3.93. The summed E-state index contributed by atoms with van der Waals surface area (Å²) >= 11 is 0. The van der Waals surface area contributed by atoms with Crippen LogP contribution in [-0.4, -0.2) is 67.0 Å². The molecule has 0 unspecified atom stereocenters. The topological polar surface area (TPSA) is 79.8 Å². The number of aromatic nitrogens is 2. The zero-order valence-electron chi connectivity index (χ0n) is 16.2. The normalized spacial score (nSPS) is 18.3. The molecule has 0 bridgehead atoms. The third-order valence-electron chi connectivity index (χ3n) is 5.15. The second-order valence-electron chi connectivity index (χ2n) is 7.25. The van der Waals surface area contributed by atoms with Gasteiger partial charge in [-0.25, -0.2) is 9.97 Å². The molecule has 28 heavy (non-hydrogen) atoms. The molecule has 0 saturated carbocycles. The van der Waals surface area contributed by atoms with Gasteiger partial charge in [0.2, 0.25) is 0 Å². The fourth-order valence-electron chi connectivity index (χ4n) is 3.49. The summed E-state index contributed by atoms with van der Waals surface area (Å²) in [6.45, 7) is 2.45. The van der Waals surface area contributed by atoms with E-state index in [1.807, 2.05) is 43.3 Å². The molecule has 8 nitrogen and oxygen atoms in total. The van der Waals surface area contributed by atoms with Crippen LogP contribution < -0.4 is 10.2 Å². The van der Waals surface area contributed by atoms with Gasteiger partial charge in [-0.15, -0.1) is 0 Å². The predicted octanol–water partition coefficient (Wildman–Crippen LogP) is 2.27. The van der Waals surface area contributed by atoms with Crippen molar-refractivity contribution in [1.82, 2.24) is 14.9 Å². The number of hydrogen-bond donors (Lipinski definition) is 1. The number of carbonyl (C=O) groups excluding carboxylic acids is 1. The molecular weight excluding hydrogens is 358 g/mol. The Hall–Kier alpha value is -2.71. The summed E-state index contributed by atoms with van der Waals surface area (Å²) in [5.74, 6) is -0.00000958. The number of likely N-dealkylation sites (tertiary alicyclic amines) is 1. The summed E-state index contributed by atoms with van der Waals surface area (Å²) in [6, 6.07) is 8.00. The molecular formula is C20H25N5O3. The minimum atomic E-state index is -0.488. The Bertz CT molecular complexity index is 807. The van der Waals surface area contributed by atoms with E-state index >= 15 is 0 Å². The molecule has 0 atom stereocenters. The van der Waals surface area contributed by atoms with Crippen molar-refractivity contribution in [2.75, 3.05) is 50.6 Å². The van der Waals surface area contributed by atoms with Crippen LogP contribution in [0.5, 0.6) is 0 Å². The Balaban J connectivity index is 1.35. The lowest BCUT2D eigenvalue weighted by atomic mass is 10.0. The summed E-state index contributed by atoms with van der Waals surface area (Å²) in [6.07, 6.45) is 4.48. The van der Waals surface area contributed by atoms with Gasteiger partial charge in [0.05, 0.1) is 25.6 Å². The zero-order valence-corrected chi connectivity index (χ0v) is 16.2. The second-order valence-corrected chi connectivity index (χ2v) is 7.25. The molecule has 1 N–H and O–H groups in total. The number of hydrogen-bond acceptors (Lipinski definition) is 7. The molecule has 2 saturated heterocycles. The molecule has 1 amide bonds. The molecule has 2 aliphatic heterocycles. The minimum Gasteiger partial charge on any atom is -0.378 e. The Morgan fingerprint density at radius 1 is 1.07 bits per heavy atom. The van der Waals surface area contributed by atoms with Gasteiger partial charge in [-0.05, 0) is 24.3 Å². The van der Waals surface area contributed by atoms with Crippen molar-refractivity contribution in [2.45, 2.75) is 18.6 Å². The van der Waals surface area contributed by atoms with Gasteiger partial charge in [0.15, 0.2) is 5.79 Å². The first-order valence-corrected chi connectivity index (χ1v) is 9.48. The van der Waals surface area contributed by atoms with E-state index in [0.717, 1.165) is 11.4 Å². The fraction of sp³-hybridized carbons (Fsp3) is 0.450. The molecule has 4 rings (SSSR count). The Labute approximate surface area is 164 Å². The molecule has 1 spiro atoms. The number of amides is 1. The third-order valence-corrected chi connectivity index (χ3v) is 5.15. The zero-order chi connectivity index (χ0) is 19.6. The van der Waals surface area contributed by atoms with E-state index in [4.69, 9.17) is 9.47 Å². The van der Waals surface area contributed by atoms with Crippen molar-refractivity contribution in [2.24, 2.45) is 0 Å². The maximum Gasteiger partial charge on any atom is 0.274 e. The maximum absolute atomic E-state index is 12.7. The van der Waals surface area contributed by atoms with E-state index in [1.165, 1.54) is 6.20 Å². The van der Waals surface area contributed by atoms with E-state index in [-0.39, 0.29) is 5.91 Å². The Morgan fingerprint density at radius 2 is 1.75 bits per heavy atom. The highest BCUT2D eigenvalue weighted by Crippen LogP contribution is 2.31. The molecule has 8 heteroatoms. The van der Waals surface area contributed by atoms with Gasteiger partial charge >= 0.3 is 0 Å². The molecule has 2 aromatic rings. The van der Waals surface area contributed by atoms with Gasteiger partial charge in [0.1, 0.15) is 11.5 Å². The average molecular weight is 383 g/mol. The van der Waals surface area contributed by atoms with Gasteiger partial charge in [-0.3, -0.25) is 4.79 Å². The van der Waals surface area contributed by atoms with Crippen molar-refractivity contribution in [1.29, 1.82) is 0 Å². The fourth-order valence-corrected chi connectivity index (χ4v) is 3.49. The van der Waals surface area contributed by atoms with Crippen LogP contribution in [0.4, 0.5) is 17.2 Å². The summed E-state index contributed by atoms with van der Waals surface area (Å²) in [5.41, 5.74) is 2.38. The number of benzene rings is 1. The second kappa shape index (κ2) is 7.73. The van der Waals surface area contributed by atoms with Gasteiger partial charge in [-0.2, -0.15) is 0 Å². The van der Waals surface area contributed by atoms with E-state index in [2.05, 4.69) is 15.3 Å². The maximum atomic E-state index is 12.7. The number of nitrogens with one attached hydrogen (secondary N) is 1. The van der Waals surface area contributed by atoms with Crippen LogP contribution in [0.1, 0.15) is 23.3 Å². The van der Waals surface area contributed by atoms with Crippen molar-refractivity contribution in [3.63, 3.8) is 0 Å². The first-order chi connectivity index (χ1) is 13.5. The highest BCUT2D eigenvalue weighted by Gasteiger charge is 2.41. The average Bonchev–Trinajstić information content (AvgIpc) is 3.17. The summed E-state index contributed by atoms with van der Waals surface area (Å²) in [5, 5.41) is 3.20. The first kappa shape index (κ1) is 18.6. The molecule has 0 radical (unpaired) electrons. The Morgan fingerprint density at radius 3 is 2.32 bits per heavy atom. The van der Waals surface area contributed by atoms with Crippen LogP contribution in [0.25, 0.3) is 0 Å². The molecule has 2 fully saturated rings. The number of piperidine rings is 1. The van der Waals surface area contributed by atoms with E-state index < -0.39 is 5.79 Å². The number of anilines is 3. The van der Waals surface area contributed by atoms with Crippen LogP contribution in [0.15, 0.2) is 36.7 Å². The van der Waals surface area contributed by atoms with Gasteiger partial charge in [-0.1, -0.05) is 0 Å². The van der Waals surface area contributed by atoms with E-state index in [1.54, 1.807) is 11.1 Å². The molecule has 148 valence electrons. The standard InChI is InChI=1S/C20H25N5O3/c1-24(2)16-5-3-15(4-6-16)23-18-14-21-17(13-22-18)19(26)25-9-7-20(8-10-25)27-11-12-28-20/h3-6,13-14H,7-12H2,1-2H3,(H,22,23). The first-order valence-electron chi connectivity index (χ1n) is 9.48. The molecule has 1 aromatic carbocycles. The van der Waals surface area contributed by atoms with Gasteiger partial charge < -0.3 is 24.6 Å². The van der Waals surface area contributed by atoms with E-state index in [0.29, 0.717) is 50.7 Å². The summed E-state index contributed by atoms with van der Waals surface area (Å²) < 4.78 is 11.4. The minimum absolute atomic E-state index is 0.109. The number of nitrogens with zero attached hydrogens (tertiary/aromatic N) is 4. The molecule has 2 aliphatic rings. The SMILES string of the molecule is CN(C)c1ccc(Nc2cnc(C(=O)N3CCC4(CC3)OCCO4)cn2)cc1. The van der Waals surface area contributed by atoms with Crippen LogP contribution in [0, 0.1) is 0 Å². The van der Waals surface area contributed by atoms with Crippen LogP contribution in [-0.2, 0) is 9.47 Å². The van der Waals surface area contributed by atoms with Crippen molar-refractivity contribution in [3.8, 4) is 0 Å². The van der Waals surface area contributed by atoms with Crippen molar-refractivity contribution in [3.05, 3.63) is 42.4 Å². The van der Waals surface area contributed by atoms with Crippen LogP contribution in [0.2, 0.25) is 0 Å². The van der Waals surface area contributed by atoms with Crippen molar-refractivity contribution < 1.29 is 14.3 Å². The van der Waals surface area contributed by atoms with Crippen molar-refractivity contribution >= 4 is 23.1 Å². The molecule has 1 aromatic heterocycles. The quantitative estimate of drug-likeness (QED) is 0.867. The smallest absolute Gasteiger partial charge is 0.274 e. The van der Waals surface area contributed by atoms with Gasteiger partial charge in [0, 0.05) is 51.4 Å². The molecule has 3 heterocycles. The molecule has 0 aliphatic carbocycles.